The Labute approximate surface area is 258 Å². The lowest BCUT2D eigenvalue weighted by atomic mass is 9.76. The van der Waals surface area contributed by atoms with Crippen LogP contribution in [0.5, 0.6) is 23.5 Å². The standard InChI is InChI=1S/C35H46N2O7/c1-8-18(16-33(3,4)36-27(38)23-19-10-11-20(14-19)24(23)28(36)39)31(42)44-32(43)35(7,9-2)17-34(5,6)37-29(40)25-21-12-13-22(15-21)26(25)30(37)41/h10-13,18-22,38-41H,8-9,14-17H2,1-7H3. The first-order valence-electron chi connectivity index (χ1n) is 16.0. The molecule has 2 aromatic rings. The Morgan fingerprint density at radius 2 is 1.14 bits per heavy atom. The Morgan fingerprint density at radius 1 is 0.750 bits per heavy atom. The van der Waals surface area contributed by atoms with Crippen LogP contribution < -0.4 is 0 Å². The van der Waals surface area contributed by atoms with E-state index in [1.54, 1.807) is 6.92 Å². The van der Waals surface area contributed by atoms with Crippen LogP contribution in [0.1, 0.15) is 133 Å². The van der Waals surface area contributed by atoms with Gasteiger partial charge in [0.15, 0.2) is 23.5 Å². The first kappa shape index (κ1) is 30.4. The second kappa shape index (κ2) is 9.94. The van der Waals surface area contributed by atoms with E-state index in [0.29, 0.717) is 12.8 Å². The Bertz CT molecular complexity index is 1530. The van der Waals surface area contributed by atoms with Gasteiger partial charge in [0.2, 0.25) is 0 Å². The van der Waals surface area contributed by atoms with Crippen molar-refractivity contribution in [2.75, 3.05) is 0 Å². The molecule has 4 bridgehead atoms. The van der Waals surface area contributed by atoms with Crippen LogP contribution in [0, 0.1) is 11.3 Å². The largest absolute Gasteiger partial charge is 0.494 e. The quantitative estimate of drug-likeness (QED) is 0.132. The van der Waals surface area contributed by atoms with Gasteiger partial charge in [0.05, 0.1) is 11.3 Å². The molecule has 2 aromatic heterocycles. The van der Waals surface area contributed by atoms with Crippen molar-refractivity contribution < 1.29 is 34.8 Å². The van der Waals surface area contributed by atoms with Gasteiger partial charge in [-0.05, 0) is 73.1 Å². The number of carbonyl (C=O) groups excluding carboxylic acids is 2. The second-order valence-electron chi connectivity index (χ2n) is 15.0. The summed E-state index contributed by atoms with van der Waals surface area (Å²) in [6.45, 7) is 12.9. The first-order chi connectivity index (χ1) is 20.6. The number of hydrogen-bond donors (Lipinski definition) is 4. The van der Waals surface area contributed by atoms with Gasteiger partial charge in [-0.25, -0.2) is 0 Å². The molecular formula is C35H46N2O7. The fraction of sp³-hybridized carbons (Fsp3) is 0.600. The summed E-state index contributed by atoms with van der Waals surface area (Å²) in [5.74, 6) is -1.49. The molecule has 6 atom stereocenters. The van der Waals surface area contributed by atoms with E-state index in [1.807, 2.05) is 41.5 Å². The minimum atomic E-state index is -1.08. The first-order valence-corrected chi connectivity index (χ1v) is 16.0. The molecule has 0 fully saturated rings. The lowest BCUT2D eigenvalue weighted by Gasteiger charge is -2.37. The summed E-state index contributed by atoms with van der Waals surface area (Å²) >= 11 is 0. The molecule has 0 radical (unpaired) electrons. The molecule has 0 saturated carbocycles. The predicted molar refractivity (Wildman–Crippen MR) is 165 cm³/mol. The molecule has 9 nitrogen and oxygen atoms in total. The van der Waals surface area contributed by atoms with Gasteiger partial charge in [0, 0.05) is 57.0 Å². The lowest BCUT2D eigenvalue weighted by Crippen LogP contribution is -2.41. The van der Waals surface area contributed by atoms with Gasteiger partial charge in [0.25, 0.3) is 0 Å². The van der Waals surface area contributed by atoms with E-state index in [9.17, 15) is 30.0 Å². The molecule has 0 spiro atoms. The van der Waals surface area contributed by atoms with E-state index < -0.39 is 34.3 Å². The van der Waals surface area contributed by atoms with Crippen LogP contribution >= 0.6 is 0 Å². The zero-order valence-corrected chi connectivity index (χ0v) is 26.8. The van der Waals surface area contributed by atoms with Gasteiger partial charge in [0.1, 0.15) is 0 Å². The Balaban J connectivity index is 1.18. The van der Waals surface area contributed by atoms with Gasteiger partial charge >= 0.3 is 11.9 Å². The molecule has 4 aliphatic carbocycles. The van der Waals surface area contributed by atoms with E-state index in [2.05, 4.69) is 24.3 Å². The van der Waals surface area contributed by atoms with Crippen molar-refractivity contribution in [1.29, 1.82) is 0 Å². The highest BCUT2D eigenvalue weighted by molar-refractivity contribution is 5.89. The number of aromatic nitrogens is 2. The van der Waals surface area contributed by atoms with Gasteiger partial charge < -0.3 is 25.2 Å². The maximum absolute atomic E-state index is 13.7. The van der Waals surface area contributed by atoms with Crippen molar-refractivity contribution in [3.63, 3.8) is 0 Å². The highest BCUT2D eigenvalue weighted by Gasteiger charge is 2.48. The van der Waals surface area contributed by atoms with E-state index in [4.69, 9.17) is 4.74 Å². The van der Waals surface area contributed by atoms with E-state index in [0.717, 1.165) is 35.1 Å². The molecule has 238 valence electrons. The number of nitrogens with zero attached hydrogens (tertiary/aromatic N) is 2. The maximum Gasteiger partial charge on any atom is 0.319 e. The monoisotopic (exact) mass is 606 g/mol. The third-order valence-corrected chi connectivity index (χ3v) is 11.1. The summed E-state index contributed by atoms with van der Waals surface area (Å²) in [4.78, 5) is 27.2. The average molecular weight is 607 g/mol. The number of allylic oxidation sites excluding steroid dienone is 4. The van der Waals surface area contributed by atoms with Gasteiger partial charge in [-0.15, -0.1) is 0 Å². The second-order valence-corrected chi connectivity index (χ2v) is 15.0. The number of esters is 2. The summed E-state index contributed by atoms with van der Waals surface area (Å²) in [5.41, 5.74) is 0.280. The fourth-order valence-electron chi connectivity index (χ4n) is 8.79. The molecule has 6 unspecified atom stereocenters. The van der Waals surface area contributed by atoms with Crippen LogP contribution in [0.4, 0.5) is 0 Å². The number of hydrogen-bond acceptors (Lipinski definition) is 7. The van der Waals surface area contributed by atoms with Crippen molar-refractivity contribution in [2.24, 2.45) is 11.3 Å². The zero-order chi connectivity index (χ0) is 32.1. The van der Waals surface area contributed by atoms with Gasteiger partial charge in [-0.1, -0.05) is 38.2 Å². The van der Waals surface area contributed by atoms with Crippen molar-refractivity contribution in [3.05, 3.63) is 46.6 Å². The summed E-state index contributed by atoms with van der Waals surface area (Å²) in [5, 5.41) is 44.8. The van der Waals surface area contributed by atoms with Crippen LogP contribution in [0.2, 0.25) is 0 Å². The predicted octanol–water partition coefficient (Wildman–Crippen LogP) is 6.86. The topological polar surface area (TPSA) is 134 Å². The van der Waals surface area contributed by atoms with Crippen molar-refractivity contribution in [2.45, 2.75) is 122 Å². The number of carbonyl (C=O) groups is 2. The molecule has 9 heteroatoms. The normalized spacial score (nSPS) is 24.9. The Hall–Kier alpha value is -3.62. The molecule has 0 aromatic carbocycles. The summed E-state index contributed by atoms with van der Waals surface area (Å²) in [6, 6.07) is 0. The minimum absolute atomic E-state index is 0.0295. The lowest BCUT2D eigenvalue weighted by molar-refractivity contribution is -0.171. The van der Waals surface area contributed by atoms with Crippen LogP contribution in [0.3, 0.4) is 0 Å². The summed E-state index contributed by atoms with van der Waals surface area (Å²) < 4.78 is 8.64. The number of rotatable bonds is 10. The van der Waals surface area contributed by atoms with E-state index in [1.165, 1.54) is 9.13 Å². The van der Waals surface area contributed by atoms with Gasteiger partial charge in [-0.2, -0.15) is 0 Å². The van der Waals surface area contributed by atoms with E-state index in [-0.39, 0.29) is 60.0 Å². The molecule has 2 heterocycles. The number of ether oxygens (including phenoxy) is 1. The van der Waals surface area contributed by atoms with Crippen LogP contribution in [0.15, 0.2) is 24.3 Å². The van der Waals surface area contributed by atoms with Crippen molar-refractivity contribution in [3.8, 4) is 23.5 Å². The molecule has 0 saturated heterocycles. The summed E-state index contributed by atoms with van der Waals surface area (Å²) in [6.07, 6.45) is 11.2. The van der Waals surface area contributed by atoms with Crippen LogP contribution in [-0.4, -0.2) is 41.5 Å². The molecular weight excluding hydrogens is 560 g/mol. The zero-order valence-electron chi connectivity index (χ0n) is 26.8. The van der Waals surface area contributed by atoms with Crippen LogP contribution in [0.25, 0.3) is 0 Å². The van der Waals surface area contributed by atoms with Crippen molar-refractivity contribution >= 4 is 11.9 Å². The number of aromatic hydroxyl groups is 4. The van der Waals surface area contributed by atoms with Crippen LogP contribution in [-0.2, 0) is 25.4 Å². The molecule has 4 aliphatic rings. The molecule has 0 aliphatic heterocycles. The SMILES string of the molecule is CCC(CC(C)(C)n1c(O)c2c(c1O)C1C=CC2C1)C(=O)OC(=O)C(C)(CC)CC(C)(C)n1c(O)c2c(c1O)C1C=CC2C1. The highest BCUT2D eigenvalue weighted by atomic mass is 16.6. The Kier molecular flexibility index (Phi) is 6.87. The number of fused-ring (bicyclic) bond motifs is 10. The fourth-order valence-corrected chi connectivity index (χ4v) is 8.79. The maximum atomic E-state index is 13.7. The van der Waals surface area contributed by atoms with Gasteiger partial charge in [-0.3, -0.25) is 18.7 Å². The van der Waals surface area contributed by atoms with E-state index >= 15 is 0 Å². The van der Waals surface area contributed by atoms with Crippen molar-refractivity contribution in [1.82, 2.24) is 9.13 Å². The third kappa shape index (κ3) is 4.25. The Morgan fingerprint density at radius 3 is 1.50 bits per heavy atom. The summed E-state index contributed by atoms with van der Waals surface area (Å²) in [7, 11) is 0. The molecule has 0 amide bonds. The molecule has 4 N–H and O–H groups in total. The third-order valence-electron chi connectivity index (χ3n) is 11.1. The average Bonchev–Trinajstić information content (AvgIpc) is 3.79. The minimum Gasteiger partial charge on any atom is -0.494 e. The highest BCUT2D eigenvalue weighted by Crippen LogP contribution is 2.59. The molecule has 44 heavy (non-hydrogen) atoms. The smallest absolute Gasteiger partial charge is 0.319 e. The molecule has 6 rings (SSSR count).